The van der Waals surface area contributed by atoms with Gasteiger partial charge in [-0.2, -0.15) is 0 Å². The van der Waals surface area contributed by atoms with E-state index in [0.29, 0.717) is 11.3 Å². The molecule has 1 aliphatic rings. The molecule has 0 saturated carbocycles. The highest BCUT2D eigenvalue weighted by molar-refractivity contribution is 9.10. The van der Waals surface area contributed by atoms with E-state index in [4.69, 9.17) is 4.74 Å². The number of hydrogen-bond acceptors (Lipinski definition) is 5. The first-order valence-electron chi connectivity index (χ1n) is 10.7. The van der Waals surface area contributed by atoms with Gasteiger partial charge < -0.3 is 19.6 Å². The van der Waals surface area contributed by atoms with Crippen molar-refractivity contribution in [3.8, 4) is 5.75 Å². The fraction of sp³-hybridized carbons (Fsp3) is 0.185. The minimum atomic E-state index is -0.720. The molecule has 0 spiro atoms. The summed E-state index contributed by atoms with van der Waals surface area (Å²) in [6, 6.07) is 21.3. The molecule has 0 bridgehead atoms. The van der Waals surface area contributed by atoms with E-state index in [1.54, 1.807) is 31.4 Å². The number of methoxy groups -OCH3 is 1. The average molecular weight is 521 g/mol. The summed E-state index contributed by atoms with van der Waals surface area (Å²) >= 11 is 3.38. The molecule has 0 aliphatic carbocycles. The number of hydrogen-bond donors (Lipinski definition) is 1. The molecule has 1 saturated heterocycles. The van der Waals surface area contributed by atoms with Gasteiger partial charge in [0.2, 0.25) is 0 Å². The van der Waals surface area contributed by atoms with E-state index in [2.05, 4.69) is 15.9 Å². The van der Waals surface area contributed by atoms with Crippen LogP contribution in [0.4, 0.5) is 5.69 Å². The van der Waals surface area contributed by atoms with E-state index in [-0.39, 0.29) is 17.9 Å². The summed E-state index contributed by atoms with van der Waals surface area (Å²) in [7, 11) is 5.48. The number of aliphatic hydroxyl groups is 1. The van der Waals surface area contributed by atoms with Crippen molar-refractivity contribution in [3.05, 3.63) is 99.5 Å². The second-order valence-corrected chi connectivity index (χ2v) is 9.18. The van der Waals surface area contributed by atoms with Crippen LogP contribution in [-0.2, 0) is 16.1 Å². The summed E-state index contributed by atoms with van der Waals surface area (Å²) in [4.78, 5) is 29.9. The molecule has 1 fully saturated rings. The van der Waals surface area contributed by atoms with E-state index in [1.807, 2.05) is 67.5 Å². The predicted molar refractivity (Wildman–Crippen MR) is 136 cm³/mol. The predicted octanol–water partition coefficient (Wildman–Crippen LogP) is 5.15. The summed E-state index contributed by atoms with van der Waals surface area (Å²) in [6.07, 6.45) is 0. The van der Waals surface area contributed by atoms with Crippen molar-refractivity contribution in [2.75, 3.05) is 26.1 Å². The zero-order valence-corrected chi connectivity index (χ0v) is 20.7. The number of nitrogens with zero attached hydrogens (tertiary/aromatic N) is 2. The largest absolute Gasteiger partial charge is 0.507 e. The minimum absolute atomic E-state index is 0.0819. The summed E-state index contributed by atoms with van der Waals surface area (Å²) in [5, 5.41) is 11.2. The first kappa shape index (κ1) is 23.6. The lowest BCUT2D eigenvalue weighted by atomic mass is 9.95. The lowest BCUT2D eigenvalue weighted by molar-refractivity contribution is -0.140. The van der Waals surface area contributed by atoms with Crippen molar-refractivity contribution in [3.63, 3.8) is 0 Å². The highest BCUT2D eigenvalue weighted by Crippen LogP contribution is 2.40. The van der Waals surface area contributed by atoms with Crippen molar-refractivity contribution in [1.29, 1.82) is 0 Å². The van der Waals surface area contributed by atoms with Crippen LogP contribution in [0.25, 0.3) is 5.76 Å². The minimum Gasteiger partial charge on any atom is -0.507 e. The Morgan fingerprint density at radius 1 is 0.971 bits per heavy atom. The molecule has 3 aromatic carbocycles. The third kappa shape index (κ3) is 4.56. The number of ether oxygens (including phenoxy) is 1. The molecular weight excluding hydrogens is 496 g/mol. The standard InChI is InChI=1S/C27H25BrN2O4/c1-29(2)21-12-8-18(9-13-21)24-23(25(31)19-6-10-20(28)11-7-19)26(32)27(33)30(24)16-17-4-14-22(34-3)15-5-17/h4-15,24,31H,16H2,1-3H3/b25-23-. The number of likely N-dealkylation sites (tertiary alicyclic amines) is 1. The molecule has 4 rings (SSSR count). The number of anilines is 1. The molecule has 0 radical (unpaired) electrons. The summed E-state index contributed by atoms with van der Waals surface area (Å²) in [6.45, 7) is 0.214. The van der Waals surface area contributed by atoms with Crippen LogP contribution in [0, 0.1) is 0 Å². The van der Waals surface area contributed by atoms with E-state index in [1.165, 1.54) is 4.90 Å². The van der Waals surface area contributed by atoms with Crippen LogP contribution in [0.5, 0.6) is 5.75 Å². The normalized spacial score (nSPS) is 17.2. The first-order chi connectivity index (χ1) is 16.3. The maximum atomic E-state index is 13.2. The Hall–Kier alpha value is -3.58. The molecule has 3 aromatic rings. The fourth-order valence-corrected chi connectivity index (χ4v) is 4.30. The summed E-state index contributed by atoms with van der Waals surface area (Å²) in [5.41, 5.74) is 3.14. The maximum Gasteiger partial charge on any atom is 0.295 e. The van der Waals surface area contributed by atoms with Gasteiger partial charge in [-0.25, -0.2) is 0 Å². The lowest BCUT2D eigenvalue weighted by Gasteiger charge is -2.26. The zero-order valence-electron chi connectivity index (χ0n) is 19.2. The molecule has 6 nitrogen and oxygen atoms in total. The Morgan fingerprint density at radius 2 is 1.59 bits per heavy atom. The molecule has 174 valence electrons. The van der Waals surface area contributed by atoms with E-state index >= 15 is 0 Å². The van der Waals surface area contributed by atoms with Crippen LogP contribution in [-0.4, -0.2) is 42.9 Å². The number of benzene rings is 3. The Kier molecular flexibility index (Phi) is 6.75. The van der Waals surface area contributed by atoms with Gasteiger partial charge in [0.25, 0.3) is 11.7 Å². The van der Waals surface area contributed by atoms with Crippen LogP contribution in [0.1, 0.15) is 22.7 Å². The lowest BCUT2D eigenvalue weighted by Crippen LogP contribution is -2.29. The third-order valence-electron chi connectivity index (χ3n) is 5.89. The number of rotatable bonds is 6. The fourth-order valence-electron chi connectivity index (χ4n) is 4.04. The van der Waals surface area contributed by atoms with Gasteiger partial charge in [-0.05, 0) is 47.5 Å². The zero-order chi connectivity index (χ0) is 24.4. The van der Waals surface area contributed by atoms with E-state index in [0.717, 1.165) is 21.3 Å². The molecule has 1 aliphatic heterocycles. The van der Waals surface area contributed by atoms with Crippen LogP contribution in [0.15, 0.2) is 82.8 Å². The van der Waals surface area contributed by atoms with Gasteiger partial charge in [0.05, 0.1) is 18.7 Å². The number of amides is 1. The molecule has 1 N–H and O–H groups in total. The second-order valence-electron chi connectivity index (χ2n) is 8.27. The maximum absolute atomic E-state index is 13.2. The topological polar surface area (TPSA) is 70.1 Å². The quantitative estimate of drug-likeness (QED) is 0.276. The number of ketones is 1. The Bertz CT molecular complexity index is 1230. The van der Waals surface area contributed by atoms with Crippen molar-refractivity contribution in [2.24, 2.45) is 0 Å². The van der Waals surface area contributed by atoms with Crippen molar-refractivity contribution in [1.82, 2.24) is 4.90 Å². The van der Waals surface area contributed by atoms with Crippen LogP contribution >= 0.6 is 15.9 Å². The monoisotopic (exact) mass is 520 g/mol. The smallest absolute Gasteiger partial charge is 0.295 e. The molecule has 7 heteroatoms. The molecule has 34 heavy (non-hydrogen) atoms. The number of carbonyl (C=O) groups is 2. The summed E-state index contributed by atoms with van der Waals surface area (Å²) in [5.74, 6) is -0.826. The van der Waals surface area contributed by atoms with E-state index in [9.17, 15) is 14.7 Å². The van der Waals surface area contributed by atoms with Crippen molar-refractivity contribution < 1.29 is 19.4 Å². The molecular formula is C27H25BrN2O4. The SMILES string of the molecule is COc1ccc(CN2C(=O)C(=O)/C(=C(\O)c3ccc(Br)cc3)C2c2ccc(N(C)C)cc2)cc1. The van der Waals surface area contributed by atoms with Gasteiger partial charge in [-0.15, -0.1) is 0 Å². The van der Waals surface area contributed by atoms with Crippen LogP contribution in [0.2, 0.25) is 0 Å². The highest BCUT2D eigenvalue weighted by Gasteiger charge is 2.46. The van der Waals surface area contributed by atoms with Gasteiger partial charge in [-0.3, -0.25) is 9.59 Å². The number of Topliss-reactive ketones (excluding diaryl/α,β-unsaturated/α-hetero) is 1. The second kappa shape index (κ2) is 9.73. The van der Waals surface area contributed by atoms with Gasteiger partial charge >= 0.3 is 0 Å². The first-order valence-corrected chi connectivity index (χ1v) is 11.5. The van der Waals surface area contributed by atoms with Crippen molar-refractivity contribution in [2.45, 2.75) is 12.6 Å². The molecule has 1 amide bonds. The number of halogens is 1. The van der Waals surface area contributed by atoms with Gasteiger partial charge in [0.1, 0.15) is 11.5 Å². The van der Waals surface area contributed by atoms with Crippen LogP contribution in [0.3, 0.4) is 0 Å². The number of aliphatic hydroxyl groups excluding tert-OH is 1. The Morgan fingerprint density at radius 3 is 2.15 bits per heavy atom. The Balaban J connectivity index is 1.82. The molecule has 1 atom stereocenters. The third-order valence-corrected chi connectivity index (χ3v) is 6.42. The Labute approximate surface area is 207 Å². The van der Waals surface area contributed by atoms with Gasteiger partial charge in [0.15, 0.2) is 0 Å². The van der Waals surface area contributed by atoms with Crippen molar-refractivity contribution >= 4 is 39.1 Å². The van der Waals surface area contributed by atoms with E-state index < -0.39 is 17.7 Å². The summed E-state index contributed by atoms with van der Waals surface area (Å²) < 4.78 is 6.07. The van der Waals surface area contributed by atoms with Gasteiger partial charge in [0, 0.05) is 36.4 Å². The average Bonchev–Trinajstić information content (AvgIpc) is 3.09. The highest BCUT2D eigenvalue weighted by atomic mass is 79.9. The van der Waals surface area contributed by atoms with Gasteiger partial charge in [-0.1, -0.05) is 52.3 Å². The van der Waals surface area contributed by atoms with Crippen LogP contribution < -0.4 is 9.64 Å². The number of carbonyl (C=O) groups excluding carboxylic acids is 2. The molecule has 1 unspecified atom stereocenters. The molecule has 0 aromatic heterocycles. The molecule has 1 heterocycles.